The molecule has 1 aromatic carbocycles. The van der Waals surface area contributed by atoms with Crippen molar-refractivity contribution in [3.8, 4) is 0 Å². The average molecular weight is 368 g/mol. The van der Waals surface area contributed by atoms with E-state index >= 15 is 0 Å². The Morgan fingerprint density at radius 2 is 2.04 bits per heavy atom. The molecule has 2 aliphatic heterocycles. The maximum atomic E-state index is 12.5. The van der Waals surface area contributed by atoms with E-state index < -0.39 is 5.97 Å². The number of halogens is 1. The standard InChI is InChI=1S/C18H25N3O3.ClH/c1-18(19-12-17(23)24)8-11-20(13-18)9-7-16(22)21-10-6-14-4-2-3-5-15(14)21;/h2-5,19H,6-13H2,1H3,(H,23,24);1H. The van der Waals surface area contributed by atoms with E-state index in [1.807, 2.05) is 23.1 Å². The average Bonchev–Trinajstić information content (AvgIpc) is 3.15. The van der Waals surface area contributed by atoms with Gasteiger partial charge in [0.05, 0.1) is 6.54 Å². The van der Waals surface area contributed by atoms with Gasteiger partial charge in [0.1, 0.15) is 0 Å². The lowest BCUT2D eigenvalue weighted by Crippen LogP contribution is -2.47. The van der Waals surface area contributed by atoms with Crippen LogP contribution in [0.2, 0.25) is 0 Å². The third kappa shape index (κ3) is 4.71. The Morgan fingerprint density at radius 1 is 1.28 bits per heavy atom. The molecule has 7 heteroatoms. The molecule has 0 bridgehead atoms. The number of carboxylic acid groups (broad SMARTS) is 1. The van der Waals surface area contributed by atoms with Gasteiger partial charge in [-0.05, 0) is 31.4 Å². The Morgan fingerprint density at radius 3 is 2.80 bits per heavy atom. The molecule has 0 aromatic heterocycles. The molecule has 0 radical (unpaired) electrons. The maximum absolute atomic E-state index is 12.5. The van der Waals surface area contributed by atoms with Crippen LogP contribution in [0.1, 0.15) is 25.3 Å². The number of likely N-dealkylation sites (tertiary alicyclic amines) is 1. The molecular formula is C18H26ClN3O3. The highest BCUT2D eigenvalue weighted by atomic mass is 35.5. The Kier molecular flexibility index (Phi) is 6.43. The number of benzene rings is 1. The zero-order chi connectivity index (χ0) is 17.2. The largest absolute Gasteiger partial charge is 0.480 e. The molecule has 0 saturated carbocycles. The molecule has 1 saturated heterocycles. The Hall–Kier alpha value is -1.63. The first-order chi connectivity index (χ1) is 11.5. The lowest BCUT2D eigenvalue weighted by molar-refractivity contribution is -0.136. The summed E-state index contributed by atoms with van der Waals surface area (Å²) in [5.41, 5.74) is 2.12. The molecular weight excluding hydrogens is 342 g/mol. The number of hydrogen-bond acceptors (Lipinski definition) is 4. The van der Waals surface area contributed by atoms with Crippen LogP contribution in [0.3, 0.4) is 0 Å². The van der Waals surface area contributed by atoms with Crippen molar-refractivity contribution in [2.24, 2.45) is 0 Å². The lowest BCUT2D eigenvalue weighted by Gasteiger charge is -2.26. The fraction of sp³-hybridized carbons (Fsp3) is 0.556. The topological polar surface area (TPSA) is 72.9 Å². The third-order valence-electron chi connectivity index (χ3n) is 5.05. The van der Waals surface area contributed by atoms with Crippen LogP contribution in [-0.2, 0) is 16.0 Å². The van der Waals surface area contributed by atoms with Crippen LogP contribution in [0.5, 0.6) is 0 Å². The van der Waals surface area contributed by atoms with Crippen molar-refractivity contribution < 1.29 is 14.7 Å². The van der Waals surface area contributed by atoms with Gasteiger partial charge in [0.2, 0.25) is 5.91 Å². The van der Waals surface area contributed by atoms with Crippen molar-refractivity contribution in [3.05, 3.63) is 29.8 Å². The number of anilines is 1. The summed E-state index contributed by atoms with van der Waals surface area (Å²) in [5, 5.41) is 11.9. The third-order valence-corrected chi connectivity index (χ3v) is 5.05. The minimum absolute atomic E-state index is 0. The van der Waals surface area contributed by atoms with E-state index in [1.54, 1.807) is 0 Å². The number of hydrogen-bond donors (Lipinski definition) is 2. The molecule has 2 heterocycles. The summed E-state index contributed by atoms with van der Waals surface area (Å²) in [5.74, 6) is -0.662. The zero-order valence-corrected chi connectivity index (χ0v) is 15.3. The highest BCUT2D eigenvalue weighted by Gasteiger charge is 2.34. The number of carboxylic acids is 1. The van der Waals surface area contributed by atoms with Gasteiger partial charge >= 0.3 is 5.97 Å². The second-order valence-corrected chi connectivity index (χ2v) is 7.01. The predicted molar refractivity (Wildman–Crippen MR) is 99.5 cm³/mol. The summed E-state index contributed by atoms with van der Waals surface area (Å²) < 4.78 is 0. The van der Waals surface area contributed by atoms with E-state index in [4.69, 9.17) is 5.11 Å². The summed E-state index contributed by atoms with van der Waals surface area (Å²) in [6, 6.07) is 8.10. The van der Waals surface area contributed by atoms with Gasteiger partial charge < -0.3 is 20.2 Å². The number of para-hydroxylation sites is 1. The fourth-order valence-corrected chi connectivity index (χ4v) is 3.67. The lowest BCUT2D eigenvalue weighted by atomic mass is 10.0. The molecule has 3 rings (SSSR count). The molecule has 1 atom stereocenters. The molecule has 2 N–H and O–H groups in total. The minimum Gasteiger partial charge on any atom is -0.480 e. The van der Waals surface area contributed by atoms with Crippen LogP contribution in [0.25, 0.3) is 0 Å². The van der Waals surface area contributed by atoms with Crippen molar-refractivity contribution in [1.29, 1.82) is 0 Å². The molecule has 25 heavy (non-hydrogen) atoms. The maximum Gasteiger partial charge on any atom is 0.317 e. The second kappa shape index (κ2) is 8.17. The Labute approximate surface area is 154 Å². The van der Waals surface area contributed by atoms with Gasteiger partial charge in [-0.1, -0.05) is 18.2 Å². The van der Waals surface area contributed by atoms with E-state index in [9.17, 15) is 9.59 Å². The molecule has 138 valence electrons. The van der Waals surface area contributed by atoms with Gasteiger partial charge in [0.15, 0.2) is 0 Å². The SMILES string of the molecule is CC1(NCC(=O)O)CCN(CCC(=O)N2CCc3ccccc32)C1.Cl. The van der Waals surface area contributed by atoms with Gasteiger partial charge in [0, 0.05) is 43.8 Å². The highest BCUT2D eigenvalue weighted by Crippen LogP contribution is 2.28. The van der Waals surface area contributed by atoms with Crippen LogP contribution in [0.4, 0.5) is 5.69 Å². The van der Waals surface area contributed by atoms with Crippen LogP contribution in [-0.4, -0.2) is 60.1 Å². The van der Waals surface area contributed by atoms with E-state index in [-0.39, 0.29) is 30.4 Å². The number of fused-ring (bicyclic) bond motifs is 1. The molecule has 1 fully saturated rings. The zero-order valence-electron chi connectivity index (χ0n) is 14.5. The number of rotatable bonds is 6. The molecule has 6 nitrogen and oxygen atoms in total. The summed E-state index contributed by atoms with van der Waals surface area (Å²) >= 11 is 0. The summed E-state index contributed by atoms with van der Waals surface area (Å²) in [7, 11) is 0. The minimum atomic E-state index is -0.836. The molecule has 0 spiro atoms. The van der Waals surface area contributed by atoms with Crippen LogP contribution in [0.15, 0.2) is 24.3 Å². The molecule has 0 aliphatic carbocycles. The molecule has 1 unspecified atom stereocenters. The summed E-state index contributed by atoms with van der Waals surface area (Å²) in [6.45, 7) is 5.21. The first-order valence-corrected chi connectivity index (χ1v) is 8.54. The number of amides is 1. The molecule has 1 aromatic rings. The molecule has 2 aliphatic rings. The Balaban J connectivity index is 0.00000225. The molecule has 1 amide bonds. The monoisotopic (exact) mass is 367 g/mol. The van der Waals surface area contributed by atoms with Crippen molar-refractivity contribution in [3.63, 3.8) is 0 Å². The van der Waals surface area contributed by atoms with Crippen LogP contribution in [0, 0.1) is 0 Å². The van der Waals surface area contributed by atoms with Crippen molar-refractivity contribution >= 4 is 30.0 Å². The number of nitrogens with zero attached hydrogens (tertiary/aromatic N) is 2. The van der Waals surface area contributed by atoms with E-state index in [1.165, 1.54) is 5.56 Å². The van der Waals surface area contributed by atoms with Crippen LogP contribution < -0.4 is 10.2 Å². The van der Waals surface area contributed by atoms with E-state index in [0.717, 1.165) is 44.7 Å². The van der Waals surface area contributed by atoms with Gasteiger partial charge in [-0.15, -0.1) is 12.4 Å². The first-order valence-electron chi connectivity index (χ1n) is 8.54. The predicted octanol–water partition coefficient (Wildman–Crippen LogP) is 1.53. The number of nitrogens with one attached hydrogen (secondary N) is 1. The normalized spacial score (nSPS) is 22.5. The Bertz CT molecular complexity index is 640. The fourth-order valence-electron chi connectivity index (χ4n) is 3.67. The van der Waals surface area contributed by atoms with Gasteiger partial charge in [-0.25, -0.2) is 0 Å². The van der Waals surface area contributed by atoms with Gasteiger partial charge in [0.25, 0.3) is 0 Å². The quantitative estimate of drug-likeness (QED) is 0.797. The smallest absolute Gasteiger partial charge is 0.317 e. The number of carbonyl (C=O) groups excluding carboxylic acids is 1. The number of carbonyl (C=O) groups is 2. The first kappa shape index (κ1) is 19.7. The van der Waals surface area contributed by atoms with Gasteiger partial charge in [-0.2, -0.15) is 0 Å². The van der Waals surface area contributed by atoms with Crippen molar-refractivity contribution in [2.45, 2.75) is 31.7 Å². The highest BCUT2D eigenvalue weighted by molar-refractivity contribution is 5.95. The van der Waals surface area contributed by atoms with Crippen molar-refractivity contribution in [1.82, 2.24) is 10.2 Å². The van der Waals surface area contributed by atoms with Crippen molar-refractivity contribution in [2.75, 3.05) is 37.6 Å². The number of aliphatic carboxylic acids is 1. The van der Waals surface area contributed by atoms with Crippen LogP contribution >= 0.6 is 12.4 Å². The van der Waals surface area contributed by atoms with E-state index in [2.05, 4.69) is 23.2 Å². The van der Waals surface area contributed by atoms with Gasteiger partial charge in [-0.3, -0.25) is 9.59 Å². The summed E-state index contributed by atoms with van der Waals surface area (Å²) in [4.78, 5) is 27.4. The second-order valence-electron chi connectivity index (χ2n) is 7.01. The van der Waals surface area contributed by atoms with E-state index in [0.29, 0.717) is 6.42 Å². The summed E-state index contributed by atoms with van der Waals surface area (Å²) in [6.07, 6.45) is 2.34.